The summed E-state index contributed by atoms with van der Waals surface area (Å²) in [6.07, 6.45) is 1.39. The van der Waals surface area contributed by atoms with Crippen LogP contribution in [0.4, 0.5) is 11.6 Å². The quantitative estimate of drug-likeness (QED) is 0.825. The highest BCUT2D eigenvalue weighted by Gasteiger charge is 2.08. The van der Waals surface area contributed by atoms with E-state index >= 15 is 0 Å². The Kier molecular flexibility index (Phi) is 4.04. The lowest BCUT2D eigenvalue weighted by Crippen LogP contribution is -2.19. The summed E-state index contributed by atoms with van der Waals surface area (Å²) in [5.74, 6) is 1.04. The standard InChI is InChI=1S/C12H15N5O3/c1-19-9-3-8(4-10(5-9)20-2)15-11(18)6-17-7-14-12(13)16-17/h3-5,7H,6H2,1-2H3,(H2,13,16)(H,15,18). The molecular weight excluding hydrogens is 262 g/mol. The molecule has 0 unspecified atom stereocenters. The molecule has 2 rings (SSSR count). The van der Waals surface area contributed by atoms with Gasteiger partial charge in [-0.15, -0.1) is 5.10 Å². The lowest BCUT2D eigenvalue weighted by atomic mass is 10.2. The molecule has 0 saturated heterocycles. The molecule has 2 aromatic rings. The third-order valence-corrected chi connectivity index (χ3v) is 2.50. The van der Waals surface area contributed by atoms with E-state index in [9.17, 15) is 4.79 Å². The van der Waals surface area contributed by atoms with Gasteiger partial charge in [0, 0.05) is 23.9 Å². The smallest absolute Gasteiger partial charge is 0.246 e. The molecule has 1 aromatic heterocycles. The van der Waals surface area contributed by atoms with Crippen LogP contribution in [0.5, 0.6) is 11.5 Å². The van der Waals surface area contributed by atoms with Crippen LogP contribution in [-0.2, 0) is 11.3 Å². The fourth-order valence-electron chi connectivity index (χ4n) is 1.61. The van der Waals surface area contributed by atoms with Crippen molar-refractivity contribution < 1.29 is 14.3 Å². The summed E-state index contributed by atoms with van der Waals surface area (Å²) in [7, 11) is 3.08. The van der Waals surface area contributed by atoms with Gasteiger partial charge < -0.3 is 20.5 Å². The minimum absolute atomic E-state index is 0.0176. The number of hydrogen-bond donors (Lipinski definition) is 2. The lowest BCUT2D eigenvalue weighted by molar-refractivity contribution is -0.116. The lowest BCUT2D eigenvalue weighted by Gasteiger charge is -2.09. The van der Waals surface area contributed by atoms with Crippen LogP contribution in [0.3, 0.4) is 0 Å². The van der Waals surface area contributed by atoms with E-state index in [4.69, 9.17) is 15.2 Å². The molecule has 3 N–H and O–H groups in total. The number of rotatable bonds is 5. The maximum Gasteiger partial charge on any atom is 0.246 e. The number of ether oxygens (including phenoxy) is 2. The molecule has 0 aliphatic rings. The Hall–Kier alpha value is -2.77. The number of aromatic nitrogens is 3. The van der Waals surface area contributed by atoms with Crippen molar-refractivity contribution in [2.45, 2.75) is 6.54 Å². The van der Waals surface area contributed by atoms with E-state index in [1.165, 1.54) is 11.0 Å². The van der Waals surface area contributed by atoms with Crippen LogP contribution in [0.25, 0.3) is 0 Å². The Bertz CT molecular complexity index is 589. The van der Waals surface area contributed by atoms with Gasteiger partial charge in [-0.25, -0.2) is 9.67 Å². The molecule has 0 aliphatic heterocycles. The highest BCUT2D eigenvalue weighted by atomic mass is 16.5. The van der Waals surface area contributed by atoms with Crippen molar-refractivity contribution in [3.05, 3.63) is 24.5 Å². The zero-order valence-electron chi connectivity index (χ0n) is 11.2. The average molecular weight is 277 g/mol. The van der Waals surface area contributed by atoms with E-state index in [-0.39, 0.29) is 18.4 Å². The molecule has 0 radical (unpaired) electrons. The molecule has 8 nitrogen and oxygen atoms in total. The summed E-state index contributed by atoms with van der Waals surface area (Å²) >= 11 is 0. The Morgan fingerprint density at radius 3 is 2.45 bits per heavy atom. The van der Waals surface area contributed by atoms with E-state index in [1.54, 1.807) is 32.4 Å². The first-order chi connectivity index (χ1) is 9.60. The third-order valence-electron chi connectivity index (χ3n) is 2.50. The number of nitrogens with one attached hydrogen (secondary N) is 1. The van der Waals surface area contributed by atoms with Crippen LogP contribution in [0, 0.1) is 0 Å². The van der Waals surface area contributed by atoms with Gasteiger partial charge >= 0.3 is 0 Å². The third kappa shape index (κ3) is 3.37. The van der Waals surface area contributed by atoms with Gasteiger partial charge in [0.2, 0.25) is 11.9 Å². The minimum atomic E-state index is -0.259. The molecule has 0 spiro atoms. The average Bonchev–Trinajstić information content (AvgIpc) is 2.83. The SMILES string of the molecule is COc1cc(NC(=O)Cn2cnc(N)n2)cc(OC)c1. The number of nitrogens with two attached hydrogens (primary N) is 1. The number of benzene rings is 1. The molecule has 0 fully saturated rings. The van der Waals surface area contributed by atoms with E-state index in [1.807, 2.05) is 0 Å². The highest BCUT2D eigenvalue weighted by Crippen LogP contribution is 2.25. The topological polar surface area (TPSA) is 104 Å². The zero-order valence-corrected chi connectivity index (χ0v) is 11.2. The van der Waals surface area contributed by atoms with Gasteiger partial charge in [0.1, 0.15) is 24.4 Å². The molecule has 0 atom stereocenters. The summed E-state index contributed by atoms with van der Waals surface area (Å²) < 4.78 is 11.6. The molecule has 1 amide bonds. The second kappa shape index (κ2) is 5.91. The van der Waals surface area contributed by atoms with Gasteiger partial charge in [-0.3, -0.25) is 4.79 Å². The van der Waals surface area contributed by atoms with E-state index < -0.39 is 0 Å². The minimum Gasteiger partial charge on any atom is -0.497 e. The van der Waals surface area contributed by atoms with Crippen molar-refractivity contribution in [1.29, 1.82) is 0 Å². The first-order valence-electron chi connectivity index (χ1n) is 5.78. The van der Waals surface area contributed by atoms with Crippen molar-refractivity contribution >= 4 is 17.5 Å². The van der Waals surface area contributed by atoms with Crippen LogP contribution in [0.2, 0.25) is 0 Å². The molecule has 106 valence electrons. The number of hydrogen-bond acceptors (Lipinski definition) is 6. The summed E-state index contributed by atoms with van der Waals surface area (Å²) in [5, 5.41) is 6.55. The maximum atomic E-state index is 11.9. The normalized spacial score (nSPS) is 10.1. The van der Waals surface area contributed by atoms with E-state index in [0.29, 0.717) is 17.2 Å². The molecule has 0 saturated carbocycles. The van der Waals surface area contributed by atoms with E-state index in [0.717, 1.165) is 0 Å². The van der Waals surface area contributed by atoms with Gasteiger partial charge in [-0.1, -0.05) is 0 Å². The van der Waals surface area contributed by atoms with Gasteiger partial charge in [0.05, 0.1) is 14.2 Å². The number of nitrogen functional groups attached to an aromatic ring is 1. The summed E-state index contributed by atoms with van der Waals surface area (Å²) in [4.78, 5) is 15.6. The summed E-state index contributed by atoms with van der Waals surface area (Å²) in [6, 6.07) is 5.10. The maximum absolute atomic E-state index is 11.9. The Morgan fingerprint density at radius 2 is 1.95 bits per heavy atom. The van der Waals surface area contributed by atoms with Crippen LogP contribution in [0.1, 0.15) is 0 Å². The predicted molar refractivity (Wildman–Crippen MR) is 72.6 cm³/mol. The van der Waals surface area contributed by atoms with Crippen LogP contribution < -0.4 is 20.5 Å². The summed E-state index contributed by atoms with van der Waals surface area (Å²) in [6.45, 7) is 0.0176. The fraction of sp³-hybridized carbons (Fsp3) is 0.250. The van der Waals surface area contributed by atoms with Crippen molar-refractivity contribution in [2.24, 2.45) is 0 Å². The van der Waals surface area contributed by atoms with Gasteiger partial charge in [-0.2, -0.15) is 0 Å². The first-order valence-corrected chi connectivity index (χ1v) is 5.78. The van der Waals surface area contributed by atoms with Gasteiger partial charge in [0.25, 0.3) is 0 Å². The van der Waals surface area contributed by atoms with Crippen LogP contribution in [-0.4, -0.2) is 34.9 Å². The zero-order chi connectivity index (χ0) is 14.5. The van der Waals surface area contributed by atoms with Crippen molar-refractivity contribution in [2.75, 3.05) is 25.3 Å². The molecular formula is C12H15N5O3. The molecule has 8 heteroatoms. The van der Waals surface area contributed by atoms with Crippen molar-refractivity contribution in [1.82, 2.24) is 14.8 Å². The van der Waals surface area contributed by atoms with Crippen LogP contribution in [0.15, 0.2) is 24.5 Å². The number of amides is 1. The van der Waals surface area contributed by atoms with Gasteiger partial charge in [0.15, 0.2) is 0 Å². The number of carbonyl (C=O) groups is 1. The molecule has 1 heterocycles. The number of methoxy groups -OCH3 is 2. The highest BCUT2D eigenvalue weighted by molar-refractivity contribution is 5.91. The molecule has 0 aliphatic carbocycles. The van der Waals surface area contributed by atoms with Gasteiger partial charge in [-0.05, 0) is 0 Å². The molecule has 0 bridgehead atoms. The Labute approximate surface area is 115 Å². The van der Waals surface area contributed by atoms with Crippen molar-refractivity contribution in [3.8, 4) is 11.5 Å². The monoisotopic (exact) mass is 277 g/mol. The second-order valence-corrected chi connectivity index (χ2v) is 3.95. The number of carbonyl (C=O) groups excluding carboxylic acids is 1. The number of anilines is 2. The largest absolute Gasteiger partial charge is 0.497 e. The van der Waals surface area contributed by atoms with Crippen molar-refractivity contribution in [3.63, 3.8) is 0 Å². The summed E-state index contributed by atoms with van der Waals surface area (Å²) in [5.41, 5.74) is 5.94. The Morgan fingerprint density at radius 1 is 1.30 bits per heavy atom. The first kappa shape index (κ1) is 13.7. The molecule has 1 aromatic carbocycles. The second-order valence-electron chi connectivity index (χ2n) is 3.95. The predicted octanol–water partition coefficient (Wildman–Crippen LogP) is 0.516. The molecule has 20 heavy (non-hydrogen) atoms. The van der Waals surface area contributed by atoms with E-state index in [2.05, 4.69) is 15.4 Å². The van der Waals surface area contributed by atoms with Crippen LogP contribution >= 0.6 is 0 Å². The number of nitrogens with zero attached hydrogens (tertiary/aromatic N) is 3. The fourth-order valence-corrected chi connectivity index (χ4v) is 1.61. The Balaban J connectivity index is 2.07.